The summed E-state index contributed by atoms with van der Waals surface area (Å²) in [6.45, 7) is -1.63. The fourth-order valence-corrected chi connectivity index (χ4v) is 5.96. The summed E-state index contributed by atoms with van der Waals surface area (Å²) in [5, 5.41) is 113. The summed E-state index contributed by atoms with van der Waals surface area (Å²) >= 11 is 0. The lowest BCUT2D eigenvalue weighted by atomic mass is 9.97. The summed E-state index contributed by atoms with van der Waals surface area (Å²) in [6, 6.07) is 10.6. The van der Waals surface area contributed by atoms with Crippen LogP contribution in [0.1, 0.15) is 5.56 Å². The predicted octanol–water partition coefficient (Wildman–Crippen LogP) is -0.745. The highest BCUT2D eigenvalue weighted by Gasteiger charge is 2.52. The van der Waals surface area contributed by atoms with Crippen molar-refractivity contribution in [3.63, 3.8) is 0 Å². The van der Waals surface area contributed by atoms with Gasteiger partial charge in [0.1, 0.15) is 89.1 Å². The quantitative estimate of drug-likeness (QED) is 0.0537. The minimum Gasteiger partial charge on any atom is -0.508 e. The summed E-state index contributed by atoms with van der Waals surface area (Å²) in [4.78, 5) is 26.4. The second-order valence-corrected chi connectivity index (χ2v) is 12.6. The number of esters is 1. The molecule has 55 heavy (non-hydrogen) atoms. The molecule has 0 saturated carbocycles. The molecule has 0 spiro atoms. The molecule has 10 atom stereocenters. The lowest BCUT2D eigenvalue weighted by Crippen LogP contribution is -2.65. The molecule has 19 nitrogen and oxygen atoms in total. The van der Waals surface area contributed by atoms with Crippen molar-refractivity contribution in [2.75, 3.05) is 13.2 Å². The predicted molar refractivity (Wildman–Crippen MR) is 183 cm³/mol. The van der Waals surface area contributed by atoms with Gasteiger partial charge in [-0.25, -0.2) is 4.79 Å². The fraction of sp³-hybridized carbons (Fsp3) is 0.333. The van der Waals surface area contributed by atoms with Crippen molar-refractivity contribution in [3.8, 4) is 45.8 Å². The number of hydrogen-bond acceptors (Lipinski definition) is 19. The number of aliphatic hydroxyl groups excluding tert-OH is 6. The number of aromatic hydroxyl groups is 5. The Morgan fingerprint density at radius 2 is 1.40 bits per heavy atom. The van der Waals surface area contributed by atoms with Gasteiger partial charge in [0.05, 0.1) is 6.61 Å². The molecule has 0 amide bonds. The van der Waals surface area contributed by atoms with Crippen molar-refractivity contribution >= 4 is 23.0 Å². The van der Waals surface area contributed by atoms with Gasteiger partial charge >= 0.3 is 5.97 Å². The van der Waals surface area contributed by atoms with E-state index in [4.69, 9.17) is 28.1 Å². The highest BCUT2D eigenvalue weighted by atomic mass is 16.8. The number of phenolic OH excluding ortho intramolecular Hbond substituents is 5. The van der Waals surface area contributed by atoms with Crippen LogP contribution in [0.25, 0.3) is 28.4 Å². The van der Waals surface area contributed by atoms with Gasteiger partial charge in [-0.15, -0.1) is 0 Å². The van der Waals surface area contributed by atoms with Gasteiger partial charge in [0.2, 0.25) is 17.5 Å². The maximum absolute atomic E-state index is 13.9. The van der Waals surface area contributed by atoms with Gasteiger partial charge in [-0.3, -0.25) is 4.79 Å². The van der Waals surface area contributed by atoms with Crippen molar-refractivity contribution in [2.24, 2.45) is 0 Å². The largest absolute Gasteiger partial charge is 0.508 e. The number of hydrogen-bond donors (Lipinski definition) is 11. The van der Waals surface area contributed by atoms with Crippen molar-refractivity contribution in [3.05, 3.63) is 76.5 Å². The Morgan fingerprint density at radius 3 is 2.11 bits per heavy atom. The minimum atomic E-state index is -2.06. The molecule has 294 valence electrons. The fourth-order valence-electron chi connectivity index (χ4n) is 5.96. The topological polar surface area (TPSA) is 316 Å². The van der Waals surface area contributed by atoms with Crippen molar-refractivity contribution in [1.82, 2.24) is 0 Å². The molecule has 1 aromatic heterocycles. The van der Waals surface area contributed by atoms with Crippen LogP contribution in [0.2, 0.25) is 0 Å². The van der Waals surface area contributed by atoms with Crippen molar-refractivity contribution < 1.29 is 89.1 Å². The van der Waals surface area contributed by atoms with Crippen LogP contribution in [0, 0.1) is 0 Å². The van der Waals surface area contributed by atoms with Gasteiger partial charge in [-0.05, 0) is 48.5 Å². The first-order valence-corrected chi connectivity index (χ1v) is 16.5. The van der Waals surface area contributed by atoms with Gasteiger partial charge in [0, 0.05) is 29.3 Å². The normalized spacial score (nSPS) is 28.3. The molecule has 2 aliphatic heterocycles. The molecular formula is C36H36O19. The average molecular weight is 773 g/mol. The van der Waals surface area contributed by atoms with E-state index in [1.165, 1.54) is 42.5 Å². The molecule has 3 heterocycles. The highest BCUT2D eigenvalue weighted by molar-refractivity contribution is 5.88. The van der Waals surface area contributed by atoms with Crippen LogP contribution in [0.4, 0.5) is 0 Å². The maximum Gasteiger partial charge on any atom is 0.330 e. The van der Waals surface area contributed by atoms with E-state index < -0.39 is 109 Å². The summed E-state index contributed by atoms with van der Waals surface area (Å²) in [7, 11) is 0. The third kappa shape index (κ3) is 8.15. The molecule has 0 unspecified atom stereocenters. The van der Waals surface area contributed by atoms with Crippen LogP contribution in [0.15, 0.2) is 69.9 Å². The Balaban J connectivity index is 1.28. The lowest BCUT2D eigenvalue weighted by molar-refractivity contribution is -0.358. The van der Waals surface area contributed by atoms with Gasteiger partial charge < -0.3 is 84.3 Å². The molecule has 0 aliphatic carbocycles. The number of carbonyl (C=O) groups excluding carboxylic acids is 1. The monoisotopic (exact) mass is 772 g/mol. The third-order valence-corrected chi connectivity index (χ3v) is 8.87. The van der Waals surface area contributed by atoms with Crippen LogP contribution < -0.4 is 10.2 Å². The molecular weight excluding hydrogens is 736 g/mol. The van der Waals surface area contributed by atoms with E-state index in [0.717, 1.165) is 24.3 Å². The smallest absolute Gasteiger partial charge is 0.330 e. The molecule has 2 fully saturated rings. The van der Waals surface area contributed by atoms with E-state index in [0.29, 0.717) is 0 Å². The van der Waals surface area contributed by atoms with E-state index in [1.54, 1.807) is 0 Å². The Hall–Kier alpha value is -5.48. The lowest BCUT2D eigenvalue weighted by Gasteiger charge is -2.45. The molecule has 4 aromatic rings. The molecule has 11 N–H and O–H groups in total. The Kier molecular flexibility index (Phi) is 11.5. The molecule has 19 heteroatoms. The Morgan fingerprint density at radius 1 is 0.727 bits per heavy atom. The highest BCUT2D eigenvalue weighted by Crippen LogP contribution is 2.38. The number of phenols is 5. The van der Waals surface area contributed by atoms with Gasteiger partial charge in [-0.2, -0.15) is 0 Å². The second kappa shape index (κ2) is 16.1. The van der Waals surface area contributed by atoms with Crippen molar-refractivity contribution in [2.45, 2.75) is 61.4 Å². The number of fused-ring (bicyclic) bond motifs is 1. The standard InChI is InChI=1S/C36H36O19/c37-12-22-26(44)30(48)34(55-35-31(49)29(47)27(45)23(53-35)13-50-24(43)8-3-15-9-17(39)6-7-19(15)41)36(52-22)54-33-28(46)25-20(42)10-18(40)11-21(25)51-32(33)14-1-4-16(38)5-2-14/h1-11,22-23,26-27,29-31,34-42,44-45,47-49H,12-13H2/t22-,23-,26-,27-,29+,30+,31-,34-,35+,36+/m1/s1. The van der Waals surface area contributed by atoms with Crippen molar-refractivity contribution in [1.29, 1.82) is 0 Å². The van der Waals surface area contributed by atoms with E-state index in [2.05, 4.69) is 0 Å². The first-order chi connectivity index (χ1) is 26.2. The van der Waals surface area contributed by atoms with E-state index in [-0.39, 0.29) is 39.7 Å². The van der Waals surface area contributed by atoms with E-state index in [9.17, 15) is 65.8 Å². The van der Waals surface area contributed by atoms with E-state index >= 15 is 0 Å². The van der Waals surface area contributed by atoms with Crippen LogP contribution in [0.5, 0.6) is 34.5 Å². The molecule has 6 rings (SSSR count). The summed E-state index contributed by atoms with van der Waals surface area (Å²) in [5.74, 6) is -3.81. The Labute approximate surface area is 308 Å². The van der Waals surface area contributed by atoms with Crippen LogP contribution in [-0.4, -0.2) is 137 Å². The first-order valence-electron chi connectivity index (χ1n) is 16.5. The number of benzene rings is 3. The average Bonchev–Trinajstić information content (AvgIpc) is 3.15. The zero-order valence-electron chi connectivity index (χ0n) is 28.2. The minimum absolute atomic E-state index is 0.0707. The number of rotatable bonds is 10. The molecule has 2 saturated heterocycles. The van der Waals surface area contributed by atoms with Crippen LogP contribution in [-0.2, 0) is 23.7 Å². The van der Waals surface area contributed by atoms with Crippen LogP contribution in [0.3, 0.4) is 0 Å². The third-order valence-electron chi connectivity index (χ3n) is 8.87. The molecule has 3 aromatic carbocycles. The van der Waals surface area contributed by atoms with Crippen LogP contribution >= 0.6 is 0 Å². The number of aliphatic hydroxyl groups is 6. The Bertz CT molecular complexity index is 2100. The van der Waals surface area contributed by atoms with Gasteiger partial charge in [-0.1, -0.05) is 0 Å². The first kappa shape index (κ1) is 39.2. The zero-order chi connectivity index (χ0) is 39.7. The summed E-state index contributed by atoms with van der Waals surface area (Å²) < 4.78 is 34.0. The molecule has 2 aliphatic rings. The van der Waals surface area contributed by atoms with Gasteiger partial charge in [0.25, 0.3) is 0 Å². The number of ether oxygens (including phenoxy) is 5. The summed E-state index contributed by atoms with van der Waals surface area (Å²) in [6.07, 6.45) is -16.8. The second-order valence-electron chi connectivity index (χ2n) is 12.6. The maximum atomic E-state index is 13.9. The molecule has 0 bridgehead atoms. The van der Waals surface area contributed by atoms with Gasteiger partial charge in [0.15, 0.2) is 18.2 Å². The summed E-state index contributed by atoms with van der Waals surface area (Å²) in [5.41, 5.74) is -1.13. The SMILES string of the molecule is O=C(C=Cc1cc(O)ccc1O)OC[C@H]1O[C@@H](O[C@H]2[C@H](Oc3c(-c4ccc(O)cc4)oc4cc(O)cc(O)c4c3=O)O[C@H](CO)[C@@H](O)[C@@H]2O)[C@H](O)[C@@H](O)[C@@H]1O. The van der Waals surface area contributed by atoms with E-state index in [1.807, 2.05) is 0 Å². The number of carbonyl (C=O) groups is 1. The zero-order valence-corrected chi connectivity index (χ0v) is 28.2. The molecule has 0 radical (unpaired) electrons.